The molecule has 0 radical (unpaired) electrons. The van der Waals surface area contributed by atoms with E-state index in [-0.39, 0.29) is 6.04 Å². The molecule has 3 aliphatic carbocycles. The first kappa shape index (κ1) is 17.4. The lowest BCUT2D eigenvalue weighted by atomic mass is 10.0. The van der Waals surface area contributed by atoms with Crippen LogP contribution < -0.4 is 5.73 Å². The Hall–Kier alpha value is -2.49. The molecule has 0 saturated heterocycles. The molecule has 0 bridgehead atoms. The molecule has 3 aromatic rings. The van der Waals surface area contributed by atoms with Gasteiger partial charge in [-0.05, 0) is 38.5 Å². The number of nitrogens with zero attached hydrogens (tertiary/aromatic N) is 4. The molecule has 152 valence electrons. The van der Waals surface area contributed by atoms with E-state index in [1.807, 2.05) is 0 Å². The Bertz CT molecular complexity index is 1110. The van der Waals surface area contributed by atoms with Gasteiger partial charge in [0.1, 0.15) is 29.2 Å². The van der Waals surface area contributed by atoms with Gasteiger partial charge in [0.25, 0.3) is 0 Å². The SMILES string of the molecule is Nc1ncnc2c1c1c(n2[C@@H]2C[C@@H](O)[C@@H](O)C2)CCC(O)c2c-1noc2C1CC1. The number of nitrogen functional groups attached to an aromatic ring is 1. The number of hydrogen-bond donors (Lipinski definition) is 4. The highest BCUT2D eigenvalue weighted by Gasteiger charge is 2.41. The molecule has 0 aliphatic heterocycles. The average molecular weight is 397 g/mol. The molecule has 5 N–H and O–H groups in total. The van der Waals surface area contributed by atoms with Gasteiger partial charge in [-0.3, -0.25) is 0 Å². The Labute approximate surface area is 166 Å². The molecular weight excluding hydrogens is 374 g/mol. The third-order valence-corrected chi connectivity index (χ3v) is 6.68. The van der Waals surface area contributed by atoms with Crippen molar-refractivity contribution in [2.24, 2.45) is 0 Å². The number of nitrogens with two attached hydrogens (primary N) is 1. The number of aliphatic hydroxyl groups excluding tert-OH is 3. The second-order valence-electron chi connectivity index (χ2n) is 8.55. The zero-order valence-corrected chi connectivity index (χ0v) is 15.8. The maximum atomic E-state index is 10.9. The standard InChI is InChI=1S/C20H23N5O4/c21-19-16-14-10(3-4-11(26)15-17(14)24-29-18(15)8-1-2-8)25(20(16)23-7-22-19)9-5-12(27)13(28)6-9/h7-9,11-13,26-28H,1-6H2,(H2,21,22,23)/t9-,11?,12-,13+. The average Bonchev–Trinajstić information content (AvgIpc) is 3.27. The lowest BCUT2D eigenvalue weighted by Gasteiger charge is -2.17. The zero-order chi connectivity index (χ0) is 19.9. The molecule has 2 fully saturated rings. The van der Waals surface area contributed by atoms with Crippen molar-refractivity contribution >= 4 is 16.9 Å². The number of fused-ring (bicyclic) bond motifs is 5. The second-order valence-corrected chi connectivity index (χ2v) is 8.55. The topological polar surface area (TPSA) is 143 Å². The van der Waals surface area contributed by atoms with Crippen LogP contribution in [-0.2, 0) is 6.42 Å². The van der Waals surface area contributed by atoms with Crippen molar-refractivity contribution in [2.45, 2.75) is 68.8 Å². The minimum Gasteiger partial charge on any atom is -0.390 e. The molecule has 0 amide bonds. The Kier molecular flexibility index (Phi) is 3.60. The Balaban J connectivity index is 1.64. The summed E-state index contributed by atoms with van der Waals surface area (Å²) in [5.41, 5.74) is 10.1. The van der Waals surface area contributed by atoms with Crippen molar-refractivity contribution in [1.82, 2.24) is 19.7 Å². The van der Waals surface area contributed by atoms with Crippen molar-refractivity contribution in [3.8, 4) is 11.3 Å². The van der Waals surface area contributed by atoms with Crippen LogP contribution in [0.1, 0.15) is 67.2 Å². The zero-order valence-electron chi connectivity index (χ0n) is 15.8. The Morgan fingerprint density at radius 3 is 2.55 bits per heavy atom. The smallest absolute Gasteiger partial charge is 0.146 e. The lowest BCUT2D eigenvalue weighted by molar-refractivity contribution is 0.0438. The minimum atomic E-state index is -0.771. The van der Waals surface area contributed by atoms with Gasteiger partial charge < -0.3 is 30.1 Å². The van der Waals surface area contributed by atoms with E-state index in [1.54, 1.807) is 0 Å². The lowest BCUT2D eigenvalue weighted by Crippen LogP contribution is -2.17. The number of hydrogen-bond acceptors (Lipinski definition) is 8. The molecular formula is C20H23N5O4. The van der Waals surface area contributed by atoms with Crippen LogP contribution in [-0.4, -0.2) is 47.2 Å². The van der Waals surface area contributed by atoms with E-state index in [1.165, 1.54) is 6.33 Å². The molecule has 9 nitrogen and oxygen atoms in total. The summed E-state index contributed by atoms with van der Waals surface area (Å²) in [7, 11) is 0. The van der Waals surface area contributed by atoms with Gasteiger partial charge in [-0.15, -0.1) is 0 Å². The monoisotopic (exact) mass is 397 g/mol. The molecule has 3 aromatic heterocycles. The summed E-state index contributed by atoms with van der Waals surface area (Å²) < 4.78 is 7.77. The second kappa shape index (κ2) is 6.01. The summed E-state index contributed by atoms with van der Waals surface area (Å²) in [6, 6.07) is -0.117. The highest BCUT2D eigenvalue weighted by molar-refractivity contribution is 6.02. The summed E-state index contributed by atoms with van der Waals surface area (Å²) in [6.07, 6.45) is 3.33. The molecule has 3 aliphatic rings. The van der Waals surface area contributed by atoms with Gasteiger partial charge in [-0.2, -0.15) is 0 Å². The fourth-order valence-electron chi connectivity index (χ4n) is 5.15. The van der Waals surface area contributed by atoms with Gasteiger partial charge in [0, 0.05) is 23.2 Å². The largest absolute Gasteiger partial charge is 0.390 e. The van der Waals surface area contributed by atoms with Gasteiger partial charge >= 0.3 is 0 Å². The van der Waals surface area contributed by atoms with Crippen LogP contribution in [0.2, 0.25) is 0 Å². The van der Waals surface area contributed by atoms with Gasteiger partial charge in [0.05, 0.1) is 29.3 Å². The minimum absolute atomic E-state index is 0.117. The van der Waals surface area contributed by atoms with Crippen LogP contribution in [0.25, 0.3) is 22.3 Å². The first-order valence-corrected chi connectivity index (χ1v) is 10.2. The molecule has 2 saturated carbocycles. The maximum Gasteiger partial charge on any atom is 0.146 e. The van der Waals surface area contributed by atoms with Crippen molar-refractivity contribution in [3.63, 3.8) is 0 Å². The van der Waals surface area contributed by atoms with E-state index in [9.17, 15) is 15.3 Å². The highest BCUT2D eigenvalue weighted by atomic mass is 16.5. The van der Waals surface area contributed by atoms with Crippen LogP contribution in [0.3, 0.4) is 0 Å². The third kappa shape index (κ3) is 2.41. The summed E-state index contributed by atoms with van der Waals surface area (Å²) in [5, 5.41) is 36.3. The fourth-order valence-corrected chi connectivity index (χ4v) is 5.15. The van der Waals surface area contributed by atoms with Crippen LogP contribution in [0.15, 0.2) is 10.9 Å². The summed E-state index contributed by atoms with van der Waals surface area (Å²) >= 11 is 0. The molecule has 9 heteroatoms. The third-order valence-electron chi connectivity index (χ3n) is 6.68. The molecule has 3 heterocycles. The van der Waals surface area contributed by atoms with Crippen LogP contribution >= 0.6 is 0 Å². The van der Waals surface area contributed by atoms with Gasteiger partial charge in [-0.25, -0.2) is 9.97 Å². The number of aliphatic hydroxyl groups is 3. The molecule has 1 unspecified atom stereocenters. The van der Waals surface area contributed by atoms with Crippen LogP contribution in [0.5, 0.6) is 0 Å². The first-order chi connectivity index (χ1) is 14.0. The van der Waals surface area contributed by atoms with Crippen LogP contribution in [0, 0.1) is 0 Å². The number of aromatic nitrogens is 4. The van der Waals surface area contributed by atoms with E-state index < -0.39 is 18.3 Å². The quantitative estimate of drug-likeness (QED) is 0.510. The normalized spacial score (nSPS) is 29.1. The summed E-state index contributed by atoms with van der Waals surface area (Å²) in [5.74, 6) is 1.45. The van der Waals surface area contributed by atoms with E-state index in [2.05, 4.69) is 19.7 Å². The van der Waals surface area contributed by atoms with Gasteiger partial charge in [0.2, 0.25) is 0 Å². The summed E-state index contributed by atoms with van der Waals surface area (Å²) in [6.45, 7) is 0. The first-order valence-electron chi connectivity index (χ1n) is 10.2. The maximum absolute atomic E-state index is 10.9. The Morgan fingerprint density at radius 2 is 1.83 bits per heavy atom. The fraction of sp³-hybridized carbons (Fsp3) is 0.550. The van der Waals surface area contributed by atoms with E-state index in [0.29, 0.717) is 54.1 Å². The van der Waals surface area contributed by atoms with Crippen molar-refractivity contribution in [3.05, 3.63) is 23.3 Å². The Morgan fingerprint density at radius 1 is 1.07 bits per heavy atom. The molecule has 0 aromatic carbocycles. The molecule has 29 heavy (non-hydrogen) atoms. The number of anilines is 1. The van der Waals surface area contributed by atoms with Crippen LogP contribution in [0.4, 0.5) is 5.82 Å². The van der Waals surface area contributed by atoms with E-state index in [4.69, 9.17) is 10.3 Å². The molecule has 4 atom stereocenters. The van der Waals surface area contributed by atoms with Crippen molar-refractivity contribution in [2.75, 3.05) is 5.73 Å². The molecule has 6 rings (SSSR count). The van der Waals surface area contributed by atoms with Gasteiger partial charge in [-0.1, -0.05) is 5.16 Å². The van der Waals surface area contributed by atoms with Crippen molar-refractivity contribution < 1.29 is 19.8 Å². The predicted molar refractivity (Wildman–Crippen MR) is 103 cm³/mol. The van der Waals surface area contributed by atoms with Crippen molar-refractivity contribution in [1.29, 1.82) is 0 Å². The van der Waals surface area contributed by atoms with E-state index >= 15 is 0 Å². The van der Waals surface area contributed by atoms with E-state index in [0.717, 1.165) is 35.4 Å². The number of rotatable bonds is 2. The predicted octanol–water partition coefficient (Wildman–Crippen LogP) is 1.58. The summed E-state index contributed by atoms with van der Waals surface area (Å²) in [4.78, 5) is 8.70. The molecule has 0 spiro atoms. The van der Waals surface area contributed by atoms with Gasteiger partial charge in [0.15, 0.2) is 0 Å². The highest BCUT2D eigenvalue weighted by Crippen LogP contribution is 2.51.